The van der Waals surface area contributed by atoms with Crippen LogP contribution in [0, 0.1) is 12.7 Å². The van der Waals surface area contributed by atoms with Crippen molar-refractivity contribution in [3.63, 3.8) is 0 Å². The highest BCUT2D eigenvalue weighted by Gasteiger charge is 2.22. The van der Waals surface area contributed by atoms with Crippen LogP contribution in [0.2, 0.25) is 5.02 Å². The Morgan fingerprint density at radius 3 is 2.74 bits per heavy atom. The molecule has 0 aliphatic rings. The fraction of sp³-hybridized carbons (Fsp3) is 0.286. The molecule has 1 N–H and O–H groups in total. The maximum atomic E-state index is 14.1. The molecular formula is C14H14BrClFNS. The highest BCUT2D eigenvalue weighted by atomic mass is 79.9. The maximum Gasteiger partial charge on any atom is 0.129 e. The van der Waals surface area contributed by atoms with E-state index in [0.717, 1.165) is 20.8 Å². The first-order chi connectivity index (χ1) is 9.04. The lowest BCUT2D eigenvalue weighted by Gasteiger charge is -2.19. The number of aryl methyl sites for hydroxylation is 1. The second-order valence-electron chi connectivity index (χ2n) is 4.23. The first-order valence-corrected chi connectivity index (χ1v) is 7.96. The molecule has 5 heteroatoms. The Labute approximate surface area is 129 Å². The van der Waals surface area contributed by atoms with Crippen molar-refractivity contribution in [2.75, 3.05) is 6.54 Å². The van der Waals surface area contributed by atoms with Crippen molar-refractivity contribution in [2.45, 2.75) is 19.9 Å². The average Bonchev–Trinajstić information content (AvgIpc) is 2.68. The molecule has 2 rings (SSSR count). The number of rotatable bonds is 4. The number of hydrogen-bond acceptors (Lipinski definition) is 2. The molecule has 0 aliphatic heterocycles. The van der Waals surface area contributed by atoms with Gasteiger partial charge >= 0.3 is 0 Å². The Bertz CT molecular complexity index is 545. The zero-order valence-corrected chi connectivity index (χ0v) is 13.8. The summed E-state index contributed by atoms with van der Waals surface area (Å²) in [5.74, 6) is -0.277. The first-order valence-electron chi connectivity index (χ1n) is 5.97. The van der Waals surface area contributed by atoms with Crippen molar-refractivity contribution in [1.82, 2.24) is 5.32 Å². The van der Waals surface area contributed by atoms with Gasteiger partial charge in [-0.05, 0) is 53.2 Å². The summed E-state index contributed by atoms with van der Waals surface area (Å²) in [6.45, 7) is 4.76. The van der Waals surface area contributed by atoms with Gasteiger partial charge in [-0.2, -0.15) is 0 Å². The van der Waals surface area contributed by atoms with Crippen LogP contribution in [0.15, 0.2) is 28.1 Å². The molecule has 0 spiro atoms. The van der Waals surface area contributed by atoms with Gasteiger partial charge in [0.05, 0.1) is 9.83 Å². The second kappa shape index (κ2) is 6.35. The van der Waals surface area contributed by atoms with E-state index in [2.05, 4.69) is 27.3 Å². The third-order valence-electron chi connectivity index (χ3n) is 2.86. The lowest BCUT2D eigenvalue weighted by molar-refractivity contribution is 0.563. The molecule has 102 valence electrons. The van der Waals surface area contributed by atoms with Crippen molar-refractivity contribution < 1.29 is 4.39 Å². The van der Waals surface area contributed by atoms with Crippen LogP contribution in [0.1, 0.15) is 29.0 Å². The van der Waals surface area contributed by atoms with Crippen LogP contribution in [0.5, 0.6) is 0 Å². The van der Waals surface area contributed by atoms with Gasteiger partial charge in [-0.1, -0.05) is 24.6 Å². The molecule has 0 fully saturated rings. The SMILES string of the molecule is CCNC(c1cc(C)c(Br)s1)c1c(F)cccc1Cl. The summed E-state index contributed by atoms with van der Waals surface area (Å²) < 4.78 is 15.2. The van der Waals surface area contributed by atoms with Crippen molar-refractivity contribution in [2.24, 2.45) is 0 Å². The highest BCUT2D eigenvalue weighted by molar-refractivity contribution is 9.11. The minimum absolute atomic E-state index is 0.214. The van der Waals surface area contributed by atoms with Gasteiger partial charge in [0.2, 0.25) is 0 Å². The van der Waals surface area contributed by atoms with Crippen molar-refractivity contribution in [3.05, 3.63) is 54.9 Å². The van der Waals surface area contributed by atoms with Crippen LogP contribution in [0.3, 0.4) is 0 Å². The average molecular weight is 363 g/mol. The molecular weight excluding hydrogens is 349 g/mol. The Balaban J connectivity index is 2.51. The normalized spacial score (nSPS) is 12.7. The number of thiophene rings is 1. The first kappa shape index (κ1) is 15.0. The van der Waals surface area contributed by atoms with E-state index in [1.165, 1.54) is 6.07 Å². The van der Waals surface area contributed by atoms with Gasteiger partial charge in [-0.15, -0.1) is 11.3 Å². The number of halogens is 3. The number of hydrogen-bond donors (Lipinski definition) is 1. The molecule has 0 amide bonds. The van der Waals surface area contributed by atoms with Crippen molar-refractivity contribution in [1.29, 1.82) is 0 Å². The van der Waals surface area contributed by atoms with Crippen molar-refractivity contribution in [3.8, 4) is 0 Å². The van der Waals surface area contributed by atoms with Gasteiger partial charge in [0.15, 0.2) is 0 Å². The molecule has 1 heterocycles. The Morgan fingerprint density at radius 2 is 2.21 bits per heavy atom. The standard InChI is InChI=1S/C14H14BrClFNS/c1-3-18-13(11-7-8(2)14(15)19-11)12-9(16)5-4-6-10(12)17/h4-7,13,18H,3H2,1-2H3. The largest absolute Gasteiger partial charge is 0.306 e. The Morgan fingerprint density at radius 1 is 1.47 bits per heavy atom. The lowest BCUT2D eigenvalue weighted by atomic mass is 10.0. The maximum absolute atomic E-state index is 14.1. The van der Waals surface area contributed by atoms with Crippen molar-refractivity contribution >= 4 is 38.9 Å². The van der Waals surface area contributed by atoms with Crippen LogP contribution in [0.25, 0.3) is 0 Å². The molecule has 1 atom stereocenters. The summed E-state index contributed by atoms with van der Waals surface area (Å²) in [4.78, 5) is 1.05. The summed E-state index contributed by atoms with van der Waals surface area (Å²) >= 11 is 11.3. The summed E-state index contributed by atoms with van der Waals surface area (Å²) in [5, 5.41) is 3.75. The van der Waals surface area contributed by atoms with Gasteiger partial charge in [-0.25, -0.2) is 4.39 Å². The van der Waals surface area contributed by atoms with E-state index >= 15 is 0 Å². The van der Waals surface area contributed by atoms with E-state index < -0.39 is 0 Å². The molecule has 1 aromatic carbocycles. The molecule has 1 unspecified atom stereocenters. The van der Waals surface area contributed by atoms with Gasteiger partial charge in [0.25, 0.3) is 0 Å². The monoisotopic (exact) mass is 361 g/mol. The molecule has 0 saturated carbocycles. The summed E-state index contributed by atoms with van der Waals surface area (Å²) in [6, 6.07) is 6.64. The van der Waals surface area contributed by atoms with E-state index in [0.29, 0.717) is 10.6 Å². The quantitative estimate of drug-likeness (QED) is 0.777. The van der Waals surface area contributed by atoms with Crippen LogP contribution >= 0.6 is 38.9 Å². The third kappa shape index (κ3) is 3.19. The van der Waals surface area contributed by atoms with Crippen LogP contribution in [-0.2, 0) is 0 Å². The van der Waals surface area contributed by atoms with E-state index in [1.54, 1.807) is 23.5 Å². The smallest absolute Gasteiger partial charge is 0.129 e. The fourth-order valence-electron chi connectivity index (χ4n) is 1.96. The lowest BCUT2D eigenvalue weighted by Crippen LogP contribution is -2.22. The van der Waals surface area contributed by atoms with E-state index in [1.807, 2.05) is 13.8 Å². The Kier molecular flexibility index (Phi) is 5.01. The van der Waals surface area contributed by atoms with Gasteiger partial charge in [0.1, 0.15) is 5.82 Å². The van der Waals surface area contributed by atoms with E-state index in [9.17, 15) is 4.39 Å². The molecule has 0 radical (unpaired) electrons. The minimum Gasteiger partial charge on any atom is -0.306 e. The molecule has 0 saturated heterocycles. The van der Waals surface area contributed by atoms with Gasteiger partial charge < -0.3 is 5.32 Å². The molecule has 19 heavy (non-hydrogen) atoms. The molecule has 1 aromatic heterocycles. The second-order valence-corrected chi connectivity index (χ2v) is 7.04. The zero-order valence-electron chi connectivity index (χ0n) is 10.6. The minimum atomic E-state index is -0.277. The van der Waals surface area contributed by atoms with E-state index in [4.69, 9.17) is 11.6 Å². The predicted octanol–water partition coefficient (Wildman–Crippen LogP) is 5.31. The highest BCUT2D eigenvalue weighted by Crippen LogP contribution is 2.37. The summed E-state index contributed by atoms with van der Waals surface area (Å²) in [6.07, 6.45) is 0. The van der Waals surface area contributed by atoms with Gasteiger partial charge in [-0.3, -0.25) is 0 Å². The third-order valence-corrected chi connectivity index (χ3v) is 5.39. The predicted molar refractivity (Wildman–Crippen MR) is 83.7 cm³/mol. The molecule has 1 nitrogen and oxygen atoms in total. The van der Waals surface area contributed by atoms with Crippen LogP contribution < -0.4 is 5.32 Å². The Hall–Kier alpha value is -0.420. The molecule has 0 aliphatic carbocycles. The zero-order chi connectivity index (χ0) is 14.0. The topological polar surface area (TPSA) is 12.0 Å². The number of nitrogens with one attached hydrogen (secondary N) is 1. The van der Waals surface area contributed by atoms with Gasteiger partial charge in [0, 0.05) is 15.5 Å². The summed E-state index contributed by atoms with van der Waals surface area (Å²) in [5.41, 5.74) is 1.66. The number of benzene rings is 1. The van der Waals surface area contributed by atoms with Crippen LogP contribution in [0.4, 0.5) is 4.39 Å². The summed E-state index contributed by atoms with van der Waals surface area (Å²) in [7, 11) is 0. The molecule has 2 aromatic rings. The van der Waals surface area contributed by atoms with E-state index in [-0.39, 0.29) is 11.9 Å². The van der Waals surface area contributed by atoms with Crippen LogP contribution in [-0.4, -0.2) is 6.54 Å². The fourth-order valence-corrected chi connectivity index (χ4v) is 3.89. The molecule has 0 bridgehead atoms.